The zero-order valence-corrected chi connectivity index (χ0v) is 9.88. The van der Waals surface area contributed by atoms with Gasteiger partial charge in [-0.15, -0.1) is 0 Å². The number of nitrogens with one attached hydrogen (secondary N) is 1. The number of hydrogen-bond acceptors (Lipinski definition) is 2. The molecule has 0 radical (unpaired) electrons. The Balaban J connectivity index is 2.33. The van der Waals surface area contributed by atoms with Crippen molar-refractivity contribution in [3.05, 3.63) is 59.2 Å². The van der Waals surface area contributed by atoms with Crippen molar-refractivity contribution in [3.8, 4) is 0 Å². The summed E-state index contributed by atoms with van der Waals surface area (Å²) in [5.41, 5.74) is 4.13. The van der Waals surface area contributed by atoms with E-state index in [1.165, 1.54) is 12.1 Å². The predicted octanol–water partition coefficient (Wildman–Crippen LogP) is 3.08. The van der Waals surface area contributed by atoms with Crippen LogP contribution in [-0.2, 0) is 0 Å². The number of rotatable bonds is 2. The van der Waals surface area contributed by atoms with E-state index in [-0.39, 0.29) is 5.56 Å². The summed E-state index contributed by atoms with van der Waals surface area (Å²) in [7, 11) is 0. The van der Waals surface area contributed by atoms with Gasteiger partial charge in [-0.2, -0.15) is 0 Å². The molecule has 0 bridgehead atoms. The average Bonchev–Trinajstić information content (AvgIpc) is 2.42. The normalized spacial score (nSPS) is 10.4. The summed E-state index contributed by atoms with van der Waals surface area (Å²) in [5, 5.41) is 2.00. The van der Waals surface area contributed by atoms with Gasteiger partial charge < -0.3 is 11.1 Å². The van der Waals surface area contributed by atoms with Crippen molar-refractivity contribution >= 4 is 17.3 Å². The smallest absolute Gasteiger partial charge is 0.257 e. The van der Waals surface area contributed by atoms with Crippen molar-refractivity contribution in [1.29, 1.82) is 0 Å². The lowest BCUT2D eigenvalue weighted by atomic mass is 10.1. The van der Waals surface area contributed by atoms with Crippen molar-refractivity contribution < 1.29 is 22.4 Å². The van der Waals surface area contributed by atoms with Gasteiger partial charge in [-0.3, -0.25) is 4.79 Å². The molecule has 3 nitrogen and oxygen atoms in total. The third-order valence-corrected chi connectivity index (χ3v) is 2.58. The summed E-state index contributed by atoms with van der Waals surface area (Å²) in [6.07, 6.45) is 0. The zero-order chi connectivity index (χ0) is 14.9. The molecule has 0 fully saturated rings. The second-order valence-electron chi connectivity index (χ2n) is 3.88. The number of nitrogen functional groups attached to an aromatic ring is 1. The molecule has 0 aliphatic rings. The number of anilines is 2. The minimum Gasteiger partial charge on any atom is -0.396 e. The lowest BCUT2D eigenvalue weighted by Gasteiger charge is -2.09. The number of benzene rings is 2. The number of carbonyl (C=O) groups is 1. The fourth-order valence-corrected chi connectivity index (χ4v) is 1.55. The molecular weight excluding hydrogens is 276 g/mol. The topological polar surface area (TPSA) is 55.1 Å². The van der Waals surface area contributed by atoms with Crippen LogP contribution in [0.3, 0.4) is 0 Å². The van der Waals surface area contributed by atoms with Gasteiger partial charge in [0.05, 0.1) is 16.9 Å². The molecule has 2 aromatic carbocycles. The first-order valence-corrected chi connectivity index (χ1v) is 5.40. The van der Waals surface area contributed by atoms with Crippen LogP contribution in [0, 0.1) is 23.3 Å². The second kappa shape index (κ2) is 5.20. The fourth-order valence-electron chi connectivity index (χ4n) is 1.55. The minimum absolute atomic E-state index is 0.242. The molecule has 0 aromatic heterocycles. The molecule has 0 saturated heterocycles. The van der Waals surface area contributed by atoms with E-state index in [1.807, 2.05) is 5.32 Å². The SMILES string of the molecule is Nc1c(F)cccc1C(=O)Nc1ccc(F)c(F)c1F. The van der Waals surface area contributed by atoms with E-state index in [0.717, 1.165) is 12.1 Å². The standard InChI is InChI=1S/C13H8F4N2O/c14-7-4-5-9(11(17)10(7)16)19-13(20)6-2-1-3-8(15)12(6)18/h1-5H,18H2,(H,19,20). The van der Waals surface area contributed by atoms with E-state index >= 15 is 0 Å². The Morgan fingerprint density at radius 3 is 2.35 bits per heavy atom. The summed E-state index contributed by atoms with van der Waals surface area (Å²) in [6, 6.07) is 5.00. The van der Waals surface area contributed by atoms with Crippen molar-refractivity contribution in [2.75, 3.05) is 11.1 Å². The quantitative estimate of drug-likeness (QED) is 0.506. The highest BCUT2D eigenvalue weighted by molar-refractivity contribution is 6.07. The number of nitrogens with two attached hydrogens (primary N) is 1. The molecule has 0 spiro atoms. The van der Waals surface area contributed by atoms with Gasteiger partial charge in [0, 0.05) is 0 Å². The highest BCUT2D eigenvalue weighted by Crippen LogP contribution is 2.22. The van der Waals surface area contributed by atoms with Gasteiger partial charge in [0.1, 0.15) is 5.82 Å². The van der Waals surface area contributed by atoms with Gasteiger partial charge in [-0.05, 0) is 24.3 Å². The average molecular weight is 284 g/mol. The molecule has 0 unspecified atom stereocenters. The highest BCUT2D eigenvalue weighted by atomic mass is 19.2. The van der Waals surface area contributed by atoms with E-state index in [0.29, 0.717) is 6.07 Å². The first-order chi connectivity index (χ1) is 9.41. The maximum absolute atomic E-state index is 13.4. The van der Waals surface area contributed by atoms with E-state index < -0.39 is 40.6 Å². The monoisotopic (exact) mass is 284 g/mol. The Hall–Kier alpha value is -2.57. The fraction of sp³-hybridized carbons (Fsp3) is 0. The van der Waals surface area contributed by atoms with E-state index in [4.69, 9.17) is 5.73 Å². The Morgan fingerprint density at radius 2 is 1.65 bits per heavy atom. The number of para-hydroxylation sites is 1. The van der Waals surface area contributed by atoms with Crippen LogP contribution < -0.4 is 11.1 Å². The van der Waals surface area contributed by atoms with Gasteiger partial charge >= 0.3 is 0 Å². The molecule has 2 aromatic rings. The van der Waals surface area contributed by atoms with E-state index in [1.54, 1.807) is 0 Å². The van der Waals surface area contributed by atoms with Gasteiger partial charge in [0.2, 0.25) is 0 Å². The molecule has 0 atom stereocenters. The van der Waals surface area contributed by atoms with Crippen molar-refractivity contribution in [2.24, 2.45) is 0 Å². The molecule has 0 heterocycles. The van der Waals surface area contributed by atoms with Crippen LogP contribution in [0.15, 0.2) is 30.3 Å². The highest BCUT2D eigenvalue weighted by Gasteiger charge is 2.18. The first kappa shape index (κ1) is 13.9. The minimum atomic E-state index is -1.71. The molecule has 20 heavy (non-hydrogen) atoms. The maximum atomic E-state index is 13.4. The van der Waals surface area contributed by atoms with Crippen LogP contribution >= 0.6 is 0 Å². The van der Waals surface area contributed by atoms with Crippen LogP contribution in [0.1, 0.15) is 10.4 Å². The molecule has 7 heteroatoms. The first-order valence-electron chi connectivity index (χ1n) is 5.40. The zero-order valence-electron chi connectivity index (χ0n) is 9.88. The Bertz CT molecular complexity index is 688. The molecule has 104 valence electrons. The Labute approximate surface area is 111 Å². The molecule has 0 saturated carbocycles. The summed E-state index contributed by atoms with van der Waals surface area (Å²) in [5.74, 6) is -6.40. The van der Waals surface area contributed by atoms with Crippen LogP contribution in [-0.4, -0.2) is 5.91 Å². The van der Waals surface area contributed by atoms with Crippen LogP contribution in [0.4, 0.5) is 28.9 Å². The molecule has 1 amide bonds. The molecular formula is C13H8F4N2O. The molecule has 2 rings (SSSR count). The summed E-state index contributed by atoms with van der Waals surface area (Å²) >= 11 is 0. The number of amides is 1. The molecule has 0 aliphatic heterocycles. The molecule has 0 aliphatic carbocycles. The number of carbonyl (C=O) groups excluding carboxylic acids is 1. The lowest BCUT2D eigenvalue weighted by molar-refractivity contribution is 0.102. The summed E-state index contributed by atoms with van der Waals surface area (Å²) < 4.78 is 52.3. The van der Waals surface area contributed by atoms with Crippen LogP contribution in [0.25, 0.3) is 0 Å². The largest absolute Gasteiger partial charge is 0.396 e. The Kier molecular flexibility index (Phi) is 3.60. The molecule has 3 N–H and O–H groups in total. The van der Waals surface area contributed by atoms with Gasteiger partial charge in [0.25, 0.3) is 5.91 Å². The third kappa shape index (κ3) is 2.42. The number of hydrogen-bond donors (Lipinski definition) is 2. The Morgan fingerprint density at radius 1 is 0.950 bits per heavy atom. The summed E-state index contributed by atoms with van der Waals surface area (Å²) in [4.78, 5) is 11.8. The number of halogens is 4. The van der Waals surface area contributed by atoms with Crippen LogP contribution in [0.5, 0.6) is 0 Å². The third-order valence-electron chi connectivity index (χ3n) is 2.58. The van der Waals surface area contributed by atoms with Gasteiger partial charge in [-0.25, -0.2) is 17.6 Å². The van der Waals surface area contributed by atoms with Crippen molar-refractivity contribution in [1.82, 2.24) is 0 Å². The second-order valence-corrected chi connectivity index (χ2v) is 3.88. The van der Waals surface area contributed by atoms with Crippen molar-refractivity contribution in [3.63, 3.8) is 0 Å². The van der Waals surface area contributed by atoms with Crippen molar-refractivity contribution in [2.45, 2.75) is 0 Å². The van der Waals surface area contributed by atoms with Crippen LogP contribution in [0.2, 0.25) is 0 Å². The maximum Gasteiger partial charge on any atom is 0.257 e. The van der Waals surface area contributed by atoms with E-state index in [9.17, 15) is 22.4 Å². The van der Waals surface area contributed by atoms with Gasteiger partial charge in [-0.1, -0.05) is 6.07 Å². The predicted molar refractivity (Wildman–Crippen MR) is 65.1 cm³/mol. The summed E-state index contributed by atoms with van der Waals surface area (Å²) in [6.45, 7) is 0. The van der Waals surface area contributed by atoms with E-state index in [2.05, 4.69) is 0 Å². The van der Waals surface area contributed by atoms with Gasteiger partial charge in [0.15, 0.2) is 17.5 Å². The lowest BCUT2D eigenvalue weighted by Crippen LogP contribution is -2.16.